The van der Waals surface area contributed by atoms with Gasteiger partial charge in [0.15, 0.2) is 10.9 Å². The molecule has 1 N–H and O–H groups in total. The van der Waals surface area contributed by atoms with Crippen LogP contribution in [-0.2, 0) is 6.18 Å². The number of hydrogen-bond acceptors (Lipinski definition) is 4. The normalized spacial score (nSPS) is 11.6. The highest BCUT2D eigenvalue weighted by Gasteiger charge is 2.31. The van der Waals surface area contributed by atoms with E-state index in [-0.39, 0.29) is 22.1 Å². The van der Waals surface area contributed by atoms with Gasteiger partial charge in [-0.15, -0.1) is 11.3 Å². The zero-order chi connectivity index (χ0) is 18.2. The van der Waals surface area contributed by atoms with E-state index in [1.807, 2.05) is 0 Å². The minimum atomic E-state index is -4.51. The fourth-order valence-electron chi connectivity index (χ4n) is 2.07. The van der Waals surface area contributed by atoms with Crippen LogP contribution in [0.1, 0.15) is 21.8 Å². The van der Waals surface area contributed by atoms with Crippen molar-refractivity contribution in [2.45, 2.75) is 13.1 Å². The lowest BCUT2D eigenvalue weighted by atomic mass is 10.1. The summed E-state index contributed by atoms with van der Waals surface area (Å²) in [7, 11) is 0. The lowest BCUT2D eigenvalue weighted by molar-refractivity contribution is -0.137. The number of carbonyl (C=O) groups is 1. The molecule has 0 atom stereocenters. The highest BCUT2D eigenvalue weighted by Crippen LogP contribution is 2.36. The van der Waals surface area contributed by atoms with Crippen molar-refractivity contribution < 1.29 is 22.4 Å². The topological polar surface area (TPSA) is 55.1 Å². The number of nitrogens with one attached hydrogen (secondary N) is 1. The van der Waals surface area contributed by atoms with Crippen LogP contribution in [0.25, 0.3) is 11.3 Å². The molecule has 2 heterocycles. The van der Waals surface area contributed by atoms with Crippen LogP contribution in [0.15, 0.2) is 40.1 Å². The van der Waals surface area contributed by atoms with Crippen molar-refractivity contribution in [1.29, 1.82) is 0 Å². The van der Waals surface area contributed by atoms with Gasteiger partial charge in [-0.25, -0.2) is 4.98 Å². The number of halogens is 4. The molecule has 0 aliphatic heterocycles. The van der Waals surface area contributed by atoms with Gasteiger partial charge in [0.25, 0.3) is 5.91 Å². The van der Waals surface area contributed by atoms with E-state index in [9.17, 15) is 18.0 Å². The summed E-state index contributed by atoms with van der Waals surface area (Å²) in [6.45, 7) is 1.78. The van der Waals surface area contributed by atoms with Crippen LogP contribution >= 0.6 is 22.9 Å². The molecule has 1 aromatic carbocycles. The quantitative estimate of drug-likeness (QED) is 0.634. The summed E-state index contributed by atoms with van der Waals surface area (Å²) in [4.78, 5) is 16.2. The number of rotatable bonds is 3. The maximum Gasteiger partial charge on any atom is 0.416 e. The smallest absolute Gasteiger partial charge is 0.416 e. The van der Waals surface area contributed by atoms with Crippen LogP contribution in [0, 0.1) is 6.92 Å². The number of aromatic nitrogens is 1. The molecule has 3 rings (SSSR count). The van der Waals surface area contributed by atoms with E-state index in [1.54, 1.807) is 12.3 Å². The second-order valence-electron chi connectivity index (χ2n) is 5.10. The molecule has 0 spiro atoms. The predicted octanol–water partition coefficient (Wildman–Crippen LogP) is 5.64. The first-order chi connectivity index (χ1) is 11.7. The third-order valence-electron chi connectivity index (χ3n) is 3.23. The van der Waals surface area contributed by atoms with Crippen molar-refractivity contribution in [2.24, 2.45) is 0 Å². The van der Waals surface area contributed by atoms with Gasteiger partial charge in [-0.1, -0.05) is 11.6 Å². The summed E-state index contributed by atoms with van der Waals surface area (Å²) in [6.07, 6.45) is -4.51. The average Bonchev–Trinajstić information content (AvgIpc) is 3.16. The molecule has 0 bridgehead atoms. The Morgan fingerprint density at radius 3 is 2.68 bits per heavy atom. The Morgan fingerprint density at radius 2 is 2.04 bits per heavy atom. The molecule has 25 heavy (non-hydrogen) atoms. The van der Waals surface area contributed by atoms with Crippen molar-refractivity contribution in [3.05, 3.63) is 57.8 Å². The van der Waals surface area contributed by atoms with E-state index in [4.69, 9.17) is 16.0 Å². The second kappa shape index (κ2) is 6.53. The Kier molecular flexibility index (Phi) is 4.57. The van der Waals surface area contributed by atoms with Gasteiger partial charge in [-0.2, -0.15) is 13.2 Å². The molecule has 0 saturated heterocycles. The van der Waals surface area contributed by atoms with Gasteiger partial charge in [-0.05, 0) is 37.3 Å². The van der Waals surface area contributed by atoms with Gasteiger partial charge >= 0.3 is 6.18 Å². The van der Waals surface area contributed by atoms with Crippen molar-refractivity contribution >= 4 is 34.0 Å². The van der Waals surface area contributed by atoms with Crippen LogP contribution in [0.4, 0.5) is 18.3 Å². The third kappa shape index (κ3) is 3.85. The van der Waals surface area contributed by atoms with Crippen LogP contribution in [0.5, 0.6) is 0 Å². The van der Waals surface area contributed by atoms with E-state index in [0.717, 1.165) is 23.9 Å². The Morgan fingerprint density at radius 1 is 1.28 bits per heavy atom. The maximum absolute atomic E-state index is 12.8. The van der Waals surface area contributed by atoms with E-state index >= 15 is 0 Å². The SMILES string of the molecule is Cc1csc(NC(=O)c2ccc(-c3cc(C(F)(F)F)ccc3Cl)o2)n1. The molecule has 4 nitrogen and oxygen atoms in total. The Hall–Kier alpha value is -2.32. The number of anilines is 1. The van der Waals surface area contributed by atoms with Crippen molar-refractivity contribution in [2.75, 3.05) is 5.32 Å². The predicted molar refractivity (Wildman–Crippen MR) is 89.0 cm³/mol. The first kappa shape index (κ1) is 17.5. The Balaban J connectivity index is 1.87. The molecule has 0 aliphatic rings. The zero-order valence-corrected chi connectivity index (χ0v) is 14.2. The summed E-state index contributed by atoms with van der Waals surface area (Å²) in [5.74, 6) is -0.545. The minimum Gasteiger partial charge on any atom is -0.451 e. The number of alkyl halides is 3. The maximum atomic E-state index is 12.8. The highest BCUT2D eigenvalue weighted by atomic mass is 35.5. The molecule has 0 aliphatic carbocycles. The standard InChI is InChI=1S/C16H10ClF3N2O2S/c1-8-7-25-15(21-8)22-14(23)13-5-4-12(24-13)10-6-9(16(18,19)20)2-3-11(10)17/h2-7H,1H3,(H,21,22,23). The number of amides is 1. The van der Waals surface area contributed by atoms with Crippen LogP contribution in [0.3, 0.4) is 0 Å². The molecule has 1 amide bonds. The van der Waals surface area contributed by atoms with Crippen LogP contribution < -0.4 is 5.32 Å². The summed E-state index contributed by atoms with van der Waals surface area (Å²) < 4.78 is 43.9. The summed E-state index contributed by atoms with van der Waals surface area (Å²) in [5.41, 5.74) is -0.0376. The van der Waals surface area contributed by atoms with E-state index in [2.05, 4.69) is 10.3 Å². The van der Waals surface area contributed by atoms with E-state index in [1.165, 1.54) is 23.5 Å². The minimum absolute atomic E-state index is 0.0561. The first-order valence-electron chi connectivity index (χ1n) is 6.94. The number of benzene rings is 1. The van der Waals surface area contributed by atoms with Gasteiger partial charge in [0, 0.05) is 10.9 Å². The van der Waals surface area contributed by atoms with Crippen molar-refractivity contribution in [1.82, 2.24) is 4.98 Å². The lowest BCUT2D eigenvalue weighted by Gasteiger charge is -2.09. The molecule has 2 aromatic heterocycles. The van der Waals surface area contributed by atoms with Gasteiger partial charge in [0.1, 0.15) is 5.76 Å². The van der Waals surface area contributed by atoms with Gasteiger partial charge in [-0.3, -0.25) is 10.1 Å². The van der Waals surface area contributed by atoms with Gasteiger partial charge in [0.2, 0.25) is 0 Å². The summed E-state index contributed by atoms with van der Waals surface area (Å²) in [5, 5.41) is 4.81. The molecule has 0 unspecified atom stereocenters. The molecule has 130 valence electrons. The van der Waals surface area contributed by atoms with E-state index in [0.29, 0.717) is 5.13 Å². The largest absolute Gasteiger partial charge is 0.451 e. The monoisotopic (exact) mass is 386 g/mol. The first-order valence-corrected chi connectivity index (χ1v) is 8.20. The molecule has 0 fully saturated rings. The lowest BCUT2D eigenvalue weighted by Crippen LogP contribution is -2.10. The third-order valence-corrected chi connectivity index (χ3v) is 4.43. The Labute approximate surface area is 149 Å². The van der Waals surface area contributed by atoms with Gasteiger partial charge in [0.05, 0.1) is 16.3 Å². The Bertz CT molecular complexity index is 934. The molecule has 9 heteroatoms. The van der Waals surface area contributed by atoms with Crippen LogP contribution in [-0.4, -0.2) is 10.9 Å². The fourth-order valence-corrected chi connectivity index (χ4v) is 2.96. The van der Waals surface area contributed by atoms with E-state index < -0.39 is 17.6 Å². The van der Waals surface area contributed by atoms with Crippen molar-refractivity contribution in [3.8, 4) is 11.3 Å². The molecule has 0 radical (unpaired) electrons. The second-order valence-corrected chi connectivity index (χ2v) is 6.37. The zero-order valence-electron chi connectivity index (χ0n) is 12.6. The molecular formula is C16H10ClF3N2O2S. The van der Waals surface area contributed by atoms with Gasteiger partial charge < -0.3 is 4.42 Å². The summed E-state index contributed by atoms with van der Waals surface area (Å²) >= 11 is 7.22. The molecule has 3 aromatic rings. The fraction of sp³-hybridized carbons (Fsp3) is 0.125. The summed E-state index contributed by atoms with van der Waals surface area (Å²) in [6, 6.07) is 5.66. The average molecular weight is 387 g/mol. The number of carbonyl (C=O) groups excluding carboxylic acids is 1. The highest BCUT2D eigenvalue weighted by molar-refractivity contribution is 7.13. The van der Waals surface area contributed by atoms with Crippen molar-refractivity contribution in [3.63, 3.8) is 0 Å². The number of nitrogens with zero attached hydrogens (tertiary/aromatic N) is 1. The molecule has 0 saturated carbocycles. The number of hydrogen-bond donors (Lipinski definition) is 1. The number of thiazole rings is 1. The number of aryl methyl sites for hydroxylation is 1. The van der Waals surface area contributed by atoms with Crippen LogP contribution in [0.2, 0.25) is 5.02 Å². The molecular weight excluding hydrogens is 377 g/mol. The number of furan rings is 1.